The standard InChI is InChI=1S/C17H19BrN2O3S/c1-17(2,3)20(18,19-16(21)14-10-6-4-7-11-14)24(22,23)15-12-8-5-9-13-15/h4-13H,1-3H3/q+1. The Bertz CT molecular complexity index is 818. The van der Waals surface area contributed by atoms with Crippen LogP contribution in [-0.2, 0) is 10.0 Å². The molecule has 0 N–H and O–H groups in total. The van der Waals surface area contributed by atoms with Crippen molar-refractivity contribution in [3.8, 4) is 0 Å². The fraction of sp³-hybridized carbons (Fsp3) is 0.235. The molecule has 127 valence electrons. The largest absolute Gasteiger partial charge is 0.362 e. The molecule has 0 aliphatic carbocycles. The number of hydrogen-bond donors (Lipinski definition) is 0. The van der Waals surface area contributed by atoms with Crippen LogP contribution in [0.15, 0.2) is 65.6 Å². The summed E-state index contributed by atoms with van der Waals surface area (Å²) in [5, 5.41) is 0. The molecule has 0 saturated heterocycles. The lowest BCUT2D eigenvalue weighted by Gasteiger charge is -2.35. The average Bonchev–Trinajstić information content (AvgIpc) is 2.55. The number of carbonyl (C=O) groups is 1. The van der Waals surface area contributed by atoms with Crippen LogP contribution >= 0.6 is 16.1 Å². The van der Waals surface area contributed by atoms with E-state index in [2.05, 4.69) is 21.6 Å². The van der Waals surface area contributed by atoms with Crippen LogP contribution in [0.1, 0.15) is 31.1 Å². The third-order valence-electron chi connectivity index (χ3n) is 3.43. The van der Waals surface area contributed by atoms with E-state index in [1.54, 1.807) is 69.3 Å². The van der Waals surface area contributed by atoms with Gasteiger partial charge in [0, 0.05) is 5.56 Å². The number of amides is 1. The van der Waals surface area contributed by atoms with Crippen molar-refractivity contribution in [2.24, 2.45) is 0 Å². The molecule has 5 nitrogen and oxygen atoms in total. The van der Waals surface area contributed by atoms with Gasteiger partial charge in [-0.15, -0.1) is 0 Å². The van der Waals surface area contributed by atoms with Crippen molar-refractivity contribution in [1.29, 1.82) is 0 Å². The molecule has 1 atom stereocenters. The summed E-state index contributed by atoms with van der Waals surface area (Å²) in [5.74, 6) is -0.609. The van der Waals surface area contributed by atoms with Crippen molar-refractivity contribution in [2.45, 2.75) is 31.2 Å². The first-order valence-electron chi connectivity index (χ1n) is 7.31. The first-order valence-corrected chi connectivity index (χ1v) is 9.46. The molecule has 2 rings (SSSR count). The van der Waals surface area contributed by atoms with Crippen LogP contribution in [-0.4, -0.2) is 22.9 Å². The van der Waals surface area contributed by atoms with E-state index >= 15 is 0 Å². The van der Waals surface area contributed by atoms with E-state index in [1.165, 1.54) is 12.1 Å². The van der Waals surface area contributed by atoms with Gasteiger partial charge in [0.2, 0.25) is 0 Å². The van der Waals surface area contributed by atoms with Crippen LogP contribution < -0.4 is 5.43 Å². The SMILES string of the molecule is CC(C)(C)[N+](Br)([N]C(=O)c1ccccc1)S(=O)(=O)c1ccccc1. The number of carbonyl (C=O) groups excluding carboxylic acids is 1. The van der Waals surface area contributed by atoms with Gasteiger partial charge in [0.25, 0.3) is 16.1 Å². The number of nitrogens with zero attached hydrogens (tertiary/aromatic N) is 2. The van der Waals surface area contributed by atoms with Crippen molar-refractivity contribution in [3.05, 3.63) is 66.2 Å². The van der Waals surface area contributed by atoms with E-state index in [1.807, 2.05) is 0 Å². The maximum atomic E-state index is 13.1. The Morgan fingerprint density at radius 3 is 1.88 bits per heavy atom. The van der Waals surface area contributed by atoms with Crippen LogP contribution in [0, 0.1) is 0 Å². The van der Waals surface area contributed by atoms with Crippen LogP contribution in [0.3, 0.4) is 0 Å². The molecular formula is C17H19BrN2O3S+. The van der Waals surface area contributed by atoms with Crippen molar-refractivity contribution >= 4 is 32.1 Å². The third kappa shape index (κ3) is 3.38. The summed E-state index contributed by atoms with van der Waals surface area (Å²) in [7, 11) is -3.99. The zero-order chi connectivity index (χ0) is 18.0. The Morgan fingerprint density at radius 2 is 1.42 bits per heavy atom. The normalized spacial score (nSPS) is 14.7. The Morgan fingerprint density at radius 1 is 0.958 bits per heavy atom. The minimum Gasteiger partial charge on any atom is -0.261 e. The minimum absolute atomic E-state index is 0.0846. The van der Waals surface area contributed by atoms with Gasteiger partial charge in [0.05, 0.1) is 0 Å². The van der Waals surface area contributed by atoms with E-state index in [0.717, 1.165) is 0 Å². The minimum atomic E-state index is -3.99. The zero-order valence-electron chi connectivity index (χ0n) is 13.7. The van der Waals surface area contributed by atoms with Crippen LogP contribution in [0.2, 0.25) is 0 Å². The fourth-order valence-electron chi connectivity index (χ4n) is 2.05. The summed E-state index contributed by atoms with van der Waals surface area (Å²) in [4.78, 5) is 12.6. The third-order valence-corrected chi connectivity index (χ3v) is 7.93. The second-order valence-corrected chi connectivity index (χ2v) is 9.68. The molecule has 1 radical (unpaired) electrons. The lowest BCUT2D eigenvalue weighted by atomic mass is 10.1. The molecule has 0 aromatic heterocycles. The van der Waals surface area contributed by atoms with Crippen LogP contribution in [0.5, 0.6) is 0 Å². The Hall–Kier alpha value is -1.70. The number of rotatable bonds is 4. The van der Waals surface area contributed by atoms with Gasteiger partial charge in [-0.1, -0.05) is 36.4 Å². The van der Waals surface area contributed by atoms with Gasteiger partial charge in [-0.05, 0) is 53.5 Å². The molecule has 0 saturated carbocycles. The smallest absolute Gasteiger partial charge is 0.261 e. The molecule has 0 spiro atoms. The number of hydrogen-bond acceptors (Lipinski definition) is 3. The van der Waals surface area contributed by atoms with Crippen molar-refractivity contribution in [1.82, 2.24) is 5.43 Å². The molecule has 2 aromatic rings. The Balaban J connectivity index is 2.50. The molecule has 1 unspecified atom stereocenters. The molecule has 0 heterocycles. The molecule has 7 heteroatoms. The predicted molar refractivity (Wildman–Crippen MR) is 95.5 cm³/mol. The molecule has 1 amide bonds. The topological polar surface area (TPSA) is 65.3 Å². The first-order chi connectivity index (χ1) is 11.1. The lowest BCUT2D eigenvalue weighted by molar-refractivity contribution is -0.747. The summed E-state index contributed by atoms with van der Waals surface area (Å²) in [6.07, 6.45) is 0. The second-order valence-electron chi connectivity index (χ2n) is 6.23. The summed E-state index contributed by atoms with van der Waals surface area (Å²) in [6.45, 7) is 5.10. The van der Waals surface area contributed by atoms with E-state index in [9.17, 15) is 13.2 Å². The van der Waals surface area contributed by atoms with Crippen molar-refractivity contribution in [2.75, 3.05) is 0 Å². The van der Waals surface area contributed by atoms with Gasteiger partial charge in [-0.25, -0.2) is 0 Å². The van der Waals surface area contributed by atoms with Crippen LogP contribution in [0.4, 0.5) is 0 Å². The van der Waals surface area contributed by atoms with E-state index in [0.29, 0.717) is 5.56 Å². The van der Waals surface area contributed by atoms with Crippen molar-refractivity contribution < 1.29 is 16.2 Å². The molecule has 0 aliphatic heterocycles. The number of sulfonamides is 1. The van der Waals surface area contributed by atoms with Gasteiger partial charge >= 0.3 is 15.9 Å². The van der Waals surface area contributed by atoms with Crippen LogP contribution in [0.25, 0.3) is 0 Å². The first kappa shape index (κ1) is 18.6. The maximum absolute atomic E-state index is 13.1. The highest BCUT2D eigenvalue weighted by molar-refractivity contribution is 9.06. The van der Waals surface area contributed by atoms with Gasteiger partial charge in [-0.3, -0.25) is 4.79 Å². The number of halogens is 1. The van der Waals surface area contributed by atoms with Gasteiger partial charge in [0.15, 0.2) is 0 Å². The summed E-state index contributed by atoms with van der Waals surface area (Å²) in [5.41, 5.74) is 3.43. The molecule has 0 bridgehead atoms. The summed E-state index contributed by atoms with van der Waals surface area (Å²) < 4.78 is 25.3. The monoisotopic (exact) mass is 410 g/mol. The molecule has 2 aromatic carbocycles. The molecule has 0 fully saturated rings. The highest BCUT2D eigenvalue weighted by Crippen LogP contribution is 2.37. The van der Waals surface area contributed by atoms with E-state index < -0.39 is 24.5 Å². The van der Waals surface area contributed by atoms with E-state index in [-0.39, 0.29) is 4.90 Å². The highest BCUT2D eigenvalue weighted by Gasteiger charge is 2.56. The second kappa shape index (κ2) is 6.66. The highest BCUT2D eigenvalue weighted by atomic mass is 79.9. The lowest BCUT2D eigenvalue weighted by Crippen LogP contribution is -2.61. The maximum Gasteiger partial charge on any atom is 0.362 e. The average molecular weight is 411 g/mol. The summed E-state index contributed by atoms with van der Waals surface area (Å²) in [6, 6.07) is 16.3. The van der Waals surface area contributed by atoms with Gasteiger partial charge in [0.1, 0.15) is 10.4 Å². The van der Waals surface area contributed by atoms with E-state index in [4.69, 9.17) is 0 Å². The fourth-order valence-corrected chi connectivity index (χ4v) is 4.38. The Kier molecular flexibility index (Phi) is 5.17. The van der Waals surface area contributed by atoms with Gasteiger partial charge in [-0.2, -0.15) is 8.42 Å². The predicted octanol–water partition coefficient (Wildman–Crippen LogP) is 3.66. The van der Waals surface area contributed by atoms with Crippen molar-refractivity contribution in [3.63, 3.8) is 0 Å². The molecule has 0 aliphatic rings. The number of quaternary nitrogens is 1. The zero-order valence-corrected chi connectivity index (χ0v) is 16.1. The number of benzene rings is 2. The quantitative estimate of drug-likeness (QED) is 0.570. The van der Waals surface area contributed by atoms with Gasteiger partial charge < -0.3 is 0 Å². The molecular weight excluding hydrogens is 392 g/mol. The Labute approximate surface area is 151 Å². The summed E-state index contributed by atoms with van der Waals surface area (Å²) >= 11 is 3.22. The molecule has 24 heavy (non-hydrogen) atoms.